The number of carbonyl (C=O) groups is 2. The van der Waals surface area contributed by atoms with Crippen LogP contribution >= 0.6 is 34.5 Å². The predicted octanol–water partition coefficient (Wildman–Crippen LogP) is 2.97. The van der Waals surface area contributed by atoms with Gasteiger partial charge in [-0.3, -0.25) is 9.59 Å². The number of carboxylic acid groups (broad SMARTS) is 1. The molecule has 1 aromatic heterocycles. The smallest absolute Gasteiger partial charge is 0.325 e. The Balaban J connectivity index is 2.32. The van der Waals surface area contributed by atoms with E-state index >= 15 is 0 Å². The summed E-state index contributed by atoms with van der Waals surface area (Å²) >= 11 is 13.0. The lowest BCUT2D eigenvalue weighted by molar-refractivity contribution is -0.141. The molecule has 0 radical (unpaired) electrons. The lowest BCUT2D eigenvalue weighted by atomic mass is 10.1. The fourth-order valence-electron chi connectivity index (χ4n) is 1.36. The van der Waals surface area contributed by atoms with Crippen molar-refractivity contribution in [2.45, 2.75) is 32.2 Å². The normalized spacial score (nSPS) is 12.2. The van der Waals surface area contributed by atoms with Crippen molar-refractivity contribution in [1.82, 2.24) is 5.32 Å². The van der Waals surface area contributed by atoms with Gasteiger partial charge in [0.25, 0.3) is 0 Å². The molecule has 1 amide bonds. The second kappa shape index (κ2) is 6.97. The van der Waals surface area contributed by atoms with Crippen molar-refractivity contribution < 1.29 is 14.7 Å². The van der Waals surface area contributed by atoms with Crippen LogP contribution in [0.3, 0.4) is 0 Å². The van der Waals surface area contributed by atoms with Crippen LogP contribution in [-0.2, 0) is 16.0 Å². The minimum atomic E-state index is -1.05. The highest BCUT2D eigenvalue weighted by atomic mass is 35.5. The summed E-state index contributed by atoms with van der Waals surface area (Å²) in [6.45, 7) is 1.43. The zero-order valence-corrected chi connectivity index (χ0v) is 12.0. The molecule has 2 N–H and O–H groups in total. The maximum absolute atomic E-state index is 11.4. The number of hydrogen-bond acceptors (Lipinski definition) is 3. The van der Waals surface area contributed by atoms with Gasteiger partial charge in [0.1, 0.15) is 6.04 Å². The SMILES string of the molecule is CC(NC(=O)CCCc1cc(Cl)sc1Cl)C(=O)O. The Hall–Kier alpha value is -0.780. The van der Waals surface area contributed by atoms with E-state index in [0.29, 0.717) is 21.5 Å². The topological polar surface area (TPSA) is 66.4 Å². The van der Waals surface area contributed by atoms with Gasteiger partial charge in [0.2, 0.25) is 5.91 Å². The van der Waals surface area contributed by atoms with Crippen LogP contribution < -0.4 is 5.32 Å². The molecule has 0 saturated carbocycles. The van der Waals surface area contributed by atoms with E-state index in [2.05, 4.69) is 5.32 Å². The number of carbonyl (C=O) groups excluding carboxylic acids is 1. The fourth-order valence-corrected chi connectivity index (χ4v) is 2.90. The molecule has 7 heteroatoms. The summed E-state index contributed by atoms with van der Waals surface area (Å²) in [5.74, 6) is -1.32. The van der Waals surface area contributed by atoms with Gasteiger partial charge in [-0.2, -0.15) is 0 Å². The van der Waals surface area contributed by atoms with Crippen molar-refractivity contribution in [2.75, 3.05) is 0 Å². The molecule has 0 fully saturated rings. The van der Waals surface area contributed by atoms with E-state index in [-0.39, 0.29) is 12.3 Å². The molecule has 0 saturated heterocycles. The molecule has 0 aliphatic heterocycles. The summed E-state index contributed by atoms with van der Waals surface area (Å²) in [5, 5.41) is 11.0. The van der Waals surface area contributed by atoms with Crippen molar-refractivity contribution in [3.8, 4) is 0 Å². The van der Waals surface area contributed by atoms with E-state index < -0.39 is 12.0 Å². The molecule has 1 rings (SSSR count). The summed E-state index contributed by atoms with van der Waals surface area (Å²) in [4.78, 5) is 21.9. The van der Waals surface area contributed by atoms with Crippen LogP contribution in [0, 0.1) is 0 Å². The molecule has 0 aromatic carbocycles. The van der Waals surface area contributed by atoms with Crippen LogP contribution in [0.15, 0.2) is 6.07 Å². The number of aliphatic carboxylic acids is 1. The van der Waals surface area contributed by atoms with Crippen LogP contribution in [0.2, 0.25) is 8.67 Å². The number of carboxylic acids is 1. The number of thiophene rings is 1. The summed E-state index contributed by atoms with van der Waals surface area (Å²) in [6, 6.07) is 0.920. The quantitative estimate of drug-likeness (QED) is 0.849. The largest absolute Gasteiger partial charge is 0.480 e. The molecule has 18 heavy (non-hydrogen) atoms. The van der Waals surface area contributed by atoms with Gasteiger partial charge >= 0.3 is 5.97 Å². The molecule has 0 aliphatic carbocycles. The third kappa shape index (κ3) is 4.84. The number of rotatable bonds is 6. The third-order valence-corrected chi connectivity index (χ3v) is 3.89. The Morgan fingerprint density at radius 3 is 2.67 bits per heavy atom. The summed E-state index contributed by atoms with van der Waals surface area (Å²) in [5.41, 5.74) is 0.922. The van der Waals surface area contributed by atoms with E-state index in [1.54, 1.807) is 6.07 Å². The van der Waals surface area contributed by atoms with Gasteiger partial charge in [-0.05, 0) is 31.4 Å². The number of halogens is 2. The number of nitrogens with one attached hydrogen (secondary N) is 1. The second-order valence-corrected chi connectivity index (χ2v) is 6.12. The molecule has 100 valence electrons. The lowest BCUT2D eigenvalue weighted by Gasteiger charge is -2.08. The molecular weight excluding hydrogens is 297 g/mol. The van der Waals surface area contributed by atoms with E-state index in [1.165, 1.54) is 18.3 Å². The highest BCUT2D eigenvalue weighted by molar-refractivity contribution is 7.20. The van der Waals surface area contributed by atoms with Crippen molar-refractivity contribution in [2.24, 2.45) is 0 Å². The van der Waals surface area contributed by atoms with Crippen LogP contribution in [-0.4, -0.2) is 23.0 Å². The monoisotopic (exact) mass is 309 g/mol. The van der Waals surface area contributed by atoms with Crippen molar-refractivity contribution in [3.63, 3.8) is 0 Å². The first-order valence-electron chi connectivity index (χ1n) is 5.36. The summed E-state index contributed by atoms with van der Waals surface area (Å²) in [7, 11) is 0. The van der Waals surface area contributed by atoms with Gasteiger partial charge in [-0.25, -0.2) is 0 Å². The Bertz CT molecular complexity index is 447. The van der Waals surface area contributed by atoms with Gasteiger partial charge in [0.15, 0.2) is 0 Å². The first-order valence-corrected chi connectivity index (χ1v) is 6.93. The average molecular weight is 310 g/mol. The number of hydrogen-bond donors (Lipinski definition) is 2. The maximum Gasteiger partial charge on any atom is 0.325 e. The summed E-state index contributed by atoms with van der Waals surface area (Å²) < 4.78 is 1.26. The Kier molecular flexibility index (Phi) is 5.91. The molecule has 0 aliphatic rings. The van der Waals surface area contributed by atoms with Crippen LogP contribution in [0.4, 0.5) is 0 Å². The van der Waals surface area contributed by atoms with E-state index in [9.17, 15) is 9.59 Å². The number of amides is 1. The molecule has 4 nitrogen and oxygen atoms in total. The van der Waals surface area contributed by atoms with Crippen molar-refractivity contribution >= 4 is 46.4 Å². The standard InChI is InChI=1S/C11H13Cl2NO3S/c1-6(11(16)17)14-9(15)4-2-3-7-5-8(12)18-10(7)13/h5-6H,2-4H2,1H3,(H,14,15)(H,16,17). The van der Waals surface area contributed by atoms with Gasteiger partial charge in [0, 0.05) is 6.42 Å². The fraction of sp³-hybridized carbons (Fsp3) is 0.455. The zero-order valence-electron chi connectivity index (χ0n) is 9.70. The van der Waals surface area contributed by atoms with Crippen molar-refractivity contribution in [3.05, 3.63) is 20.3 Å². The first-order chi connectivity index (χ1) is 8.40. The Morgan fingerprint density at radius 1 is 1.50 bits per heavy atom. The molecule has 1 atom stereocenters. The van der Waals surface area contributed by atoms with E-state index in [0.717, 1.165) is 5.56 Å². The second-order valence-electron chi connectivity index (χ2n) is 3.83. The zero-order chi connectivity index (χ0) is 13.7. The average Bonchev–Trinajstić information content (AvgIpc) is 2.57. The van der Waals surface area contributed by atoms with Crippen LogP contribution in [0.5, 0.6) is 0 Å². The van der Waals surface area contributed by atoms with Crippen LogP contribution in [0.25, 0.3) is 0 Å². The van der Waals surface area contributed by atoms with Gasteiger partial charge in [-0.1, -0.05) is 23.2 Å². The Labute approximate surface area is 119 Å². The maximum atomic E-state index is 11.4. The minimum Gasteiger partial charge on any atom is -0.480 e. The Morgan fingerprint density at radius 2 is 2.17 bits per heavy atom. The highest BCUT2D eigenvalue weighted by Gasteiger charge is 2.13. The predicted molar refractivity (Wildman–Crippen MR) is 72.5 cm³/mol. The van der Waals surface area contributed by atoms with Crippen molar-refractivity contribution in [1.29, 1.82) is 0 Å². The molecule has 1 aromatic rings. The van der Waals surface area contributed by atoms with Gasteiger partial charge < -0.3 is 10.4 Å². The highest BCUT2D eigenvalue weighted by Crippen LogP contribution is 2.31. The minimum absolute atomic E-state index is 0.265. The third-order valence-electron chi connectivity index (χ3n) is 2.33. The number of aryl methyl sites for hydroxylation is 1. The first kappa shape index (κ1) is 15.3. The van der Waals surface area contributed by atoms with E-state index in [4.69, 9.17) is 28.3 Å². The van der Waals surface area contributed by atoms with Crippen LogP contribution in [0.1, 0.15) is 25.3 Å². The molecular formula is C11H13Cl2NO3S. The van der Waals surface area contributed by atoms with Gasteiger partial charge in [-0.15, -0.1) is 11.3 Å². The van der Waals surface area contributed by atoms with Gasteiger partial charge in [0.05, 0.1) is 8.67 Å². The molecule has 1 unspecified atom stereocenters. The lowest BCUT2D eigenvalue weighted by Crippen LogP contribution is -2.38. The molecule has 1 heterocycles. The molecule has 0 spiro atoms. The molecule has 0 bridgehead atoms. The summed E-state index contributed by atoms with van der Waals surface area (Å²) in [6.07, 6.45) is 1.52. The van der Waals surface area contributed by atoms with E-state index in [1.807, 2.05) is 0 Å².